The van der Waals surface area contributed by atoms with Gasteiger partial charge in [-0.25, -0.2) is 0 Å². The predicted molar refractivity (Wildman–Crippen MR) is 103 cm³/mol. The Morgan fingerprint density at radius 2 is 1.81 bits per heavy atom. The summed E-state index contributed by atoms with van der Waals surface area (Å²) < 4.78 is 11.2. The molecule has 1 unspecified atom stereocenters. The lowest BCUT2D eigenvalue weighted by Gasteiger charge is -2.21. The molecule has 0 saturated heterocycles. The largest absolute Gasteiger partial charge is 0.497 e. The van der Waals surface area contributed by atoms with E-state index in [1.165, 1.54) is 37.5 Å². The molecule has 0 bridgehead atoms. The Kier molecular flexibility index (Phi) is 4.78. The number of rotatable bonds is 5. The zero-order valence-corrected chi connectivity index (χ0v) is 15.4. The third kappa shape index (κ3) is 3.52. The van der Waals surface area contributed by atoms with Crippen molar-refractivity contribution in [2.45, 2.75) is 51.0 Å². The molecule has 5 heteroatoms. The van der Waals surface area contributed by atoms with Gasteiger partial charge in [-0.15, -0.1) is 5.10 Å². The molecule has 1 aliphatic carbocycles. The minimum atomic E-state index is 0.0518. The molecule has 1 fully saturated rings. The number of benzene rings is 2. The Labute approximate surface area is 153 Å². The molecule has 5 nitrogen and oxygen atoms in total. The zero-order valence-electron chi connectivity index (χ0n) is 15.4. The molecule has 4 rings (SSSR count). The number of methoxy groups -OCH3 is 1. The first-order valence-corrected chi connectivity index (χ1v) is 9.40. The number of nitrogens with zero attached hydrogens (tertiary/aromatic N) is 2. The number of aromatic nitrogens is 2. The molecule has 1 atom stereocenters. The third-order valence-corrected chi connectivity index (χ3v) is 5.32. The summed E-state index contributed by atoms with van der Waals surface area (Å²) >= 11 is 0. The number of hydrogen-bond donors (Lipinski definition) is 1. The lowest BCUT2D eigenvalue weighted by molar-refractivity contribution is 0.415. The summed E-state index contributed by atoms with van der Waals surface area (Å²) in [7, 11) is 1.69. The fraction of sp³-hybridized carbons (Fsp3) is 0.429. The van der Waals surface area contributed by atoms with Crippen LogP contribution in [0.5, 0.6) is 5.75 Å². The van der Waals surface area contributed by atoms with E-state index < -0.39 is 0 Å². The molecule has 26 heavy (non-hydrogen) atoms. The fourth-order valence-corrected chi connectivity index (χ4v) is 3.67. The highest BCUT2D eigenvalue weighted by Crippen LogP contribution is 2.29. The molecule has 3 aromatic rings. The van der Waals surface area contributed by atoms with Gasteiger partial charge in [-0.2, -0.15) is 0 Å². The Hall–Kier alpha value is -2.56. The van der Waals surface area contributed by atoms with E-state index in [2.05, 4.69) is 46.7 Å². The minimum absolute atomic E-state index is 0.0518. The van der Waals surface area contributed by atoms with Crippen molar-refractivity contribution in [1.82, 2.24) is 10.2 Å². The lowest BCUT2D eigenvalue weighted by atomic mass is 9.96. The number of nitrogens with one attached hydrogen (secondary N) is 1. The van der Waals surface area contributed by atoms with E-state index in [0.717, 1.165) is 16.7 Å². The first-order valence-electron chi connectivity index (χ1n) is 9.40. The highest BCUT2D eigenvalue weighted by molar-refractivity contribution is 5.84. The maximum atomic E-state index is 5.90. The van der Waals surface area contributed by atoms with Gasteiger partial charge >= 0.3 is 6.01 Å². The topological polar surface area (TPSA) is 60.2 Å². The van der Waals surface area contributed by atoms with Gasteiger partial charge in [0.05, 0.1) is 13.0 Å². The number of fused-ring (bicyclic) bond motifs is 1. The van der Waals surface area contributed by atoms with E-state index in [-0.39, 0.29) is 5.92 Å². The standard InChI is InChI=1S/C21H25N3O2/c1-14(15-8-9-17-13-19(25-2)11-10-16(17)12-15)20-23-24-21(26-20)22-18-6-4-3-5-7-18/h8-14,18H,3-7H2,1-2H3,(H,22,24). The number of hydrogen-bond acceptors (Lipinski definition) is 5. The average Bonchev–Trinajstić information content (AvgIpc) is 3.15. The van der Waals surface area contributed by atoms with Gasteiger partial charge in [0.1, 0.15) is 5.75 Å². The van der Waals surface area contributed by atoms with Gasteiger partial charge in [-0.1, -0.05) is 48.6 Å². The molecule has 1 heterocycles. The van der Waals surface area contributed by atoms with Crippen molar-refractivity contribution in [3.63, 3.8) is 0 Å². The Morgan fingerprint density at radius 3 is 2.62 bits per heavy atom. The molecule has 1 N–H and O–H groups in total. The van der Waals surface area contributed by atoms with Crippen LogP contribution in [0.1, 0.15) is 56.4 Å². The molecular weight excluding hydrogens is 326 g/mol. The van der Waals surface area contributed by atoms with Gasteiger partial charge in [-0.3, -0.25) is 0 Å². The summed E-state index contributed by atoms with van der Waals surface area (Å²) in [5.41, 5.74) is 1.16. The number of ether oxygens (including phenoxy) is 1. The van der Waals surface area contributed by atoms with Crippen LogP contribution in [0.3, 0.4) is 0 Å². The molecule has 0 amide bonds. The van der Waals surface area contributed by atoms with E-state index in [9.17, 15) is 0 Å². The van der Waals surface area contributed by atoms with Crippen molar-refractivity contribution in [1.29, 1.82) is 0 Å². The second-order valence-electron chi connectivity index (χ2n) is 7.12. The lowest BCUT2D eigenvalue weighted by Crippen LogP contribution is -2.22. The van der Waals surface area contributed by atoms with Gasteiger partial charge in [0.25, 0.3) is 0 Å². The molecule has 1 aromatic heterocycles. The summed E-state index contributed by atoms with van der Waals surface area (Å²) in [6, 6.07) is 13.5. The predicted octanol–water partition coefficient (Wildman–Crippen LogP) is 5.13. The van der Waals surface area contributed by atoms with Gasteiger partial charge < -0.3 is 14.5 Å². The van der Waals surface area contributed by atoms with Crippen molar-refractivity contribution in [3.05, 3.63) is 47.9 Å². The van der Waals surface area contributed by atoms with Crippen LogP contribution in [0.25, 0.3) is 10.8 Å². The van der Waals surface area contributed by atoms with Crippen LogP contribution in [0.4, 0.5) is 6.01 Å². The van der Waals surface area contributed by atoms with Crippen molar-refractivity contribution in [3.8, 4) is 5.75 Å². The molecule has 1 aliphatic rings. The van der Waals surface area contributed by atoms with Crippen molar-refractivity contribution >= 4 is 16.8 Å². The van der Waals surface area contributed by atoms with E-state index in [1.54, 1.807) is 7.11 Å². The maximum absolute atomic E-state index is 5.90. The molecule has 136 valence electrons. The maximum Gasteiger partial charge on any atom is 0.315 e. The first kappa shape index (κ1) is 16.9. The Morgan fingerprint density at radius 1 is 1.04 bits per heavy atom. The second-order valence-corrected chi connectivity index (χ2v) is 7.12. The highest BCUT2D eigenvalue weighted by atomic mass is 16.5. The normalized spacial score (nSPS) is 16.5. The molecule has 0 aliphatic heterocycles. The summed E-state index contributed by atoms with van der Waals surface area (Å²) in [5, 5.41) is 14.2. The monoisotopic (exact) mass is 351 g/mol. The van der Waals surface area contributed by atoms with Crippen LogP contribution < -0.4 is 10.1 Å². The second kappa shape index (κ2) is 7.36. The number of anilines is 1. The fourth-order valence-electron chi connectivity index (χ4n) is 3.67. The van der Waals surface area contributed by atoms with E-state index >= 15 is 0 Å². The van der Waals surface area contributed by atoms with Crippen LogP contribution in [-0.2, 0) is 0 Å². The van der Waals surface area contributed by atoms with Gasteiger partial charge in [0.15, 0.2) is 0 Å². The average molecular weight is 351 g/mol. The van der Waals surface area contributed by atoms with E-state index in [4.69, 9.17) is 9.15 Å². The zero-order chi connectivity index (χ0) is 17.9. The van der Waals surface area contributed by atoms with Crippen molar-refractivity contribution in [2.24, 2.45) is 0 Å². The Bertz CT molecular complexity index is 884. The molecule has 0 radical (unpaired) electrons. The SMILES string of the molecule is COc1ccc2cc(C(C)c3nnc(NC4CCCCC4)o3)ccc2c1. The van der Waals surface area contributed by atoms with E-state index in [1.807, 2.05) is 12.1 Å². The minimum Gasteiger partial charge on any atom is -0.497 e. The highest BCUT2D eigenvalue weighted by Gasteiger charge is 2.19. The molecular formula is C21H25N3O2. The van der Waals surface area contributed by atoms with Crippen molar-refractivity contribution < 1.29 is 9.15 Å². The van der Waals surface area contributed by atoms with Crippen LogP contribution in [0.2, 0.25) is 0 Å². The first-order chi connectivity index (χ1) is 12.7. The van der Waals surface area contributed by atoms with Crippen LogP contribution >= 0.6 is 0 Å². The van der Waals surface area contributed by atoms with Crippen LogP contribution in [0.15, 0.2) is 40.8 Å². The summed E-state index contributed by atoms with van der Waals surface area (Å²) in [4.78, 5) is 0. The molecule has 2 aromatic carbocycles. The third-order valence-electron chi connectivity index (χ3n) is 5.32. The summed E-state index contributed by atoms with van der Waals surface area (Å²) in [6.07, 6.45) is 6.24. The van der Waals surface area contributed by atoms with Gasteiger partial charge in [-0.05, 0) is 48.2 Å². The summed E-state index contributed by atoms with van der Waals surface area (Å²) in [6.45, 7) is 2.10. The van der Waals surface area contributed by atoms with Crippen LogP contribution in [-0.4, -0.2) is 23.3 Å². The smallest absolute Gasteiger partial charge is 0.315 e. The Balaban J connectivity index is 1.51. The molecule has 0 spiro atoms. The van der Waals surface area contributed by atoms with E-state index in [0.29, 0.717) is 17.9 Å². The van der Waals surface area contributed by atoms with Crippen molar-refractivity contribution in [2.75, 3.05) is 12.4 Å². The van der Waals surface area contributed by atoms with Crippen LogP contribution in [0, 0.1) is 0 Å². The quantitative estimate of drug-likeness (QED) is 0.690. The molecule has 1 saturated carbocycles. The van der Waals surface area contributed by atoms with Gasteiger partial charge in [0, 0.05) is 6.04 Å². The van der Waals surface area contributed by atoms with Gasteiger partial charge in [0.2, 0.25) is 5.89 Å². The summed E-state index contributed by atoms with van der Waals surface area (Å²) in [5.74, 6) is 1.57.